The molecule has 0 radical (unpaired) electrons. The van der Waals surface area contributed by atoms with Crippen molar-refractivity contribution in [1.29, 1.82) is 0 Å². The van der Waals surface area contributed by atoms with Crippen LogP contribution in [0, 0.1) is 12.7 Å². The molecule has 13 heavy (non-hydrogen) atoms. The van der Waals surface area contributed by atoms with Crippen LogP contribution in [-0.4, -0.2) is 12.4 Å². The summed E-state index contributed by atoms with van der Waals surface area (Å²) in [5, 5.41) is 0. The van der Waals surface area contributed by atoms with Gasteiger partial charge in [-0.15, -0.1) is 0 Å². The average Bonchev–Trinajstić information content (AvgIpc) is 2.04. The van der Waals surface area contributed by atoms with Gasteiger partial charge in [0, 0.05) is 12.1 Å². The molecule has 3 heteroatoms. The van der Waals surface area contributed by atoms with Crippen LogP contribution in [0.1, 0.15) is 18.1 Å². The standard InChI is InChI=1S/C10H13FN2/c1-3-13-10(12)9-5-4-8(11)6-7(9)2/h4-6H,3H2,1-2H3,(H2,12,13). The Hall–Kier alpha value is -1.38. The first-order valence-corrected chi connectivity index (χ1v) is 4.21. The van der Waals surface area contributed by atoms with E-state index < -0.39 is 0 Å². The summed E-state index contributed by atoms with van der Waals surface area (Å²) in [7, 11) is 0. The molecular formula is C10H13FN2. The van der Waals surface area contributed by atoms with Gasteiger partial charge in [-0.05, 0) is 37.6 Å². The lowest BCUT2D eigenvalue weighted by Crippen LogP contribution is -2.15. The van der Waals surface area contributed by atoms with Crippen LogP contribution in [-0.2, 0) is 0 Å². The number of halogens is 1. The van der Waals surface area contributed by atoms with E-state index in [1.807, 2.05) is 13.8 Å². The second-order valence-corrected chi connectivity index (χ2v) is 2.82. The van der Waals surface area contributed by atoms with Crippen LogP contribution in [0.5, 0.6) is 0 Å². The zero-order valence-electron chi connectivity index (χ0n) is 7.84. The maximum absolute atomic E-state index is 12.7. The van der Waals surface area contributed by atoms with E-state index in [2.05, 4.69) is 4.99 Å². The summed E-state index contributed by atoms with van der Waals surface area (Å²) in [6, 6.07) is 4.49. The quantitative estimate of drug-likeness (QED) is 0.547. The van der Waals surface area contributed by atoms with Crippen molar-refractivity contribution in [3.05, 3.63) is 35.1 Å². The van der Waals surface area contributed by atoms with Crippen molar-refractivity contribution < 1.29 is 4.39 Å². The fourth-order valence-corrected chi connectivity index (χ4v) is 1.17. The maximum Gasteiger partial charge on any atom is 0.125 e. The molecular weight excluding hydrogens is 167 g/mol. The molecule has 2 nitrogen and oxygen atoms in total. The lowest BCUT2D eigenvalue weighted by atomic mass is 10.1. The van der Waals surface area contributed by atoms with Gasteiger partial charge in [-0.2, -0.15) is 0 Å². The third-order valence-corrected chi connectivity index (χ3v) is 1.79. The molecule has 0 bridgehead atoms. The zero-order valence-corrected chi connectivity index (χ0v) is 7.84. The molecule has 1 aromatic carbocycles. The monoisotopic (exact) mass is 180 g/mol. The van der Waals surface area contributed by atoms with Crippen LogP contribution in [0.3, 0.4) is 0 Å². The van der Waals surface area contributed by atoms with E-state index in [1.165, 1.54) is 12.1 Å². The summed E-state index contributed by atoms with van der Waals surface area (Å²) in [5.41, 5.74) is 7.31. The summed E-state index contributed by atoms with van der Waals surface area (Å²) in [5.74, 6) is 0.227. The highest BCUT2D eigenvalue weighted by atomic mass is 19.1. The molecule has 0 fully saturated rings. The van der Waals surface area contributed by atoms with Gasteiger partial charge in [-0.25, -0.2) is 4.39 Å². The molecule has 0 spiro atoms. The lowest BCUT2D eigenvalue weighted by Gasteiger charge is -2.04. The fraction of sp³-hybridized carbons (Fsp3) is 0.300. The first kappa shape index (κ1) is 9.71. The highest BCUT2D eigenvalue weighted by Gasteiger charge is 2.02. The van der Waals surface area contributed by atoms with Gasteiger partial charge in [0.05, 0.1) is 0 Å². The number of nitrogens with zero attached hydrogens (tertiary/aromatic N) is 1. The average molecular weight is 180 g/mol. The van der Waals surface area contributed by atoms with E-state index in [0.29, 0.717) is 12.4 Å². The molecule has 0 heterocycles. The lowest BCUT2D eigenvalue weighted by molar-refractivity contribution is 0.626. The number of aliphatic imine (C=N–C) groups is 1. The molecule has 0 saturated heterocycles. The van der Waals surface area contributed by atoms with Crippen LogP contribution in [0.25, 0.3) is 0 Å². The van der Waals surface area contributed by atoms with Gasteiger partial charge >= 0.3 is 0 Å². The number of amidine groups is 1. The second kappa shape index (κ2) is 4.03. The largest absolute Gasteiger partial charge is 0.383 e. The Bertz CT molecular complexity index is 332. The van der Waals surface area contributed by atoms with Crippen molar-refractivity contribution in [2.24, 2.45) is 10.7 Å². The fourth-order valence-electron chi connectivity index (χ4n) is 1.17. The van der Waals surface area contributed by atoms with Gasteiger partial charge < -0.3 is 5.73 Å². The van der Waals surface area contributed by atoms with Gasteiger partial charge in [0.25, 0.3) is 0 Å². The molecule has 0 aliphatic heterocycles. The molecule has 1 aromatic rings. The van der Waals surface area contributed by atoms with Crippen molar-refractivity contribution in [3.8, 4) is 0 Å². The second-order valence-electron chi connectivity index (χ2n) is 2.82. The molecule has 0 saturated carbocycles. The Morgan fingerprint density at radius 3 is 2.77 bits per heavy atom. The van der Waals surface area contributed by atoms with Gasteiger partial charge in [0.15, 0.2) is 0 Å². The first-order valence-electron chi connectivity index (χ1n) is 4.21. The number of nitrogens with two attached hydrogens (primary N) is 1. The predicted molar refractivity (Wildman–Crippen MR) is 52.4 cm³/mol. The van der Waals surface area contributed by atoms with Gasteiger partial charge in [0.2, 0.25) is 0 Å². The van der Waals surface area contributed by atoms with E-state index in [-0.39, 0.29) is 5.82 Å². The molecule has 0 atom stereocenters. The number of aryl methyl sites for hydroxylation is 1. The van der Waals surface area contributed by atoms with Crippen LogP contribution >= 0.6 is 0 Å². The highest BCUT2D eigenvalue weighted by Crippen LogP contribution is 2.09. The van der Waals surface area contributed by atoms with Gasteiger partial charge in [-0.3, -0.25) is 4.99 Å². The molecule has 0 amide bonds. The van der Waals surface area contributed by atoms with Crippen LogP contribution in [0.4, 0.5) is 4.39 Å². The molecule has 0 aliphatic carbocycles. The maximum atomic E-state index is 12.7. The van der Waals surface area contributed by atoms with Crippen molar-refractivity contribution in [2.75, 3.05) is 6.54 Å². The van der Waals surface area contributed by atoms with E-state index in [9.17, 15) is 4.39 Å². The van der Waals surface area contributed by atoms with Crippen LogP contribution in [0.15, 0.2) is 23.2 Å². The number of hydrogen-bond acceptors (Lipinski definition) is 1. The van der Waals surface area contributed by atoms with Crippen molar-refractivity contribution >= 4 is 5.84 Å². The normalized spacial score (nSPS) is 11.8. The SMILES string of the molecule is CCN=C(N)c1ccc(F)cc1C. The molecule has 0 aromatic heterocycles. The number of hydrogen-bond donors (Lipinski definition) is 1. The molecule has 2 N–H and O–H groups in total. The van der Waals surface area contributed by atoms with Crippen molar-refractivity contribution in [3.63, 3.8) is 0 Å². The minimum Gasteiger partial charge on any atom is -0.383 e. The highest BCUT2D eigenvalue weighted by molar-refractivity contribution is 5.98. The minimum atomic E-state index is -0.245. The van der Waals surface area contributed by atoms with Crippen LogP contribution in [0.2, 0.25) is 0 Å². The smallest absolute Gasteiger partial charge is 0.125 e. The Labute approximate surface area is 77.3 Å². The Kier molecular flexibility index (Phi) is 3.01. The van der Waals surface area contributed by atoms with E-state index in [1.54, 1.807) is 6.07 Å². The summed E-state index contributed by atoms with van der Waals surface area (Å²) in [6.45, 7) is 4.37. The van der Waals surface area contributed by atoms with Crippen molar-refractivity contribution in [2.45, 2.75) is 13.8 Å². The summed E-state index contributed by atoms with van der Waals surface area (Å²) >= 11 is 0. The Morgan fingerprint density at radius 2 is 2.23 bits per heavy atom. The number of benzene rings is 1. The van der Waals surface area contributed by atoms with Gasteiger partial charge in [-0.1, -0.05) is 0 Å². The molecule has 0 aliphatic rings. The third-order valence-electron chi connectivity index (χ3n) is 1.79. The third kappa shape index (κ3) is 2.28. The Morgan fingerprint density at radius 1 is 1.54 bits per heavy atom. The van der Waals surface area contributed by atoms with Crippen LogP contribution < -0.4 is 5.73 Å². The Balaban J connectivity index is 3.09. The first-order chi connectivity index (χ1) is 6.15. The molecule has 1 rings (SSSR count). The van der Waals surface area contributed by atoms with E-state index >= 15 is 0 Å². The minimum absolute atomic E-state index is 0.245. The molecule has 70 valence electrons. The van der Waals surface area contributed by atoms with E-state index in [0.717, 1.165) is 11.1 Å². The summed E-state index contributed by atoms with van der Waals surface area (Å²) in [6.07, 6.45) is 0. The predicted octanol–water partition coefficient (Wildman–Crippen LogP) is 1.86. The van der Waals surface area contributed by atoms with Crippen molar-refractivity contribution in [1.82, 2.24) is 0 Å². The molecule has 0 unspecified atom stereocenters. The van der Waals surface area contributed by atoms with E-state index in [4.69, 9.17) is 5.73 Å². The summed E-state index contributed by atoms with van der Waals surface area (Å²) < 4.78 is 12.7. The summed E-state index contributed by atoms with van der Waals surface area (Å²) in [4.78, 5) is 4.06. The topological polar surface area (TPSA) is 38.4 Å². The number of rotatable bonds is 2. The van der Waals surface area contributed by atoms with Gasteiger partial charge in [0.1, 0.15) is 11.7 Å². The zero-order chi connectivity index (χ0) is 9.84.